The molecule has 0 aliphatic rings. The molecule has 2 aromatic rings. The molecule has 1 aromatic carbocycles. The van der Waals surface area contributed by atoms with E-state index in [0.29, 0.717) is 6.61 Å². The van der Waals surface area contributed by atoms with Crippen LogP contribution >= 0.6 is 28.1 Å². The third-order valence-electron chi connectivity index (χ3n) is 2.40. The molecular weight excluding hydrogens is 288 g/mol. The van der Waals surface area contributed by atoms with E-state index in [4.69, 9.17) is 17.0 Å². The molecule has 2 rings (SSSR count). The summed E-state index contributed by atoms with van der Waals surface area (Å²) in [5, 5.41) is 0. The smallest absolute Gasteiger partial charge is 0.178 e. The third kappa shape index (κ3) is 2.36. The summed E-state index contributed by atoms with van der Waals surface area (Å²) in [6.07, 6.45) is 0. The Morgan fingerprint density at radius 1 is 1.50 bits per heavy atom. The highest BCUT2D eigenvalue weighted by Crippen LogP contribution is 2.19. The molecule has 1 heterocycles. The van der Waals surface area contributed by atoms with Gasteiger partial charge in [0.05, 0.1) is 17.6 Å². The Hall–Kier alpha value is -0.650. The van der Waals surface area contributed by atoms with Gasteiger partial charge in [0.1, 0.15) is 0 Å². The number of ether oxygens (including phenoxy) is 1. The maximum absolute atomic E-state index is 5.34. The Morgan fingerprint density at radius 3 is 3.06 bits per heavy atom. The van der Waals surface area contributed by atoms with Crippen molar-refractivity contribution in [2.75, 3.05) is 13.2 Å². The van der Waals surface area contributed by atoms with Crippen molar-refractivity contribution in [3.8, 4) is 0 Å². The van der Waals surface area contributed by atoms with E-state index in [1.165, 1.54) is 0 Å². The summed E-state index contributed by atoms with van der Waals surface area (Å²) >= 11 is 8.72. The van der Waals surface area contributed by atoms with Crippen molar-refractivity contribution in [3.63, 3.8) is 0 Å². The van der Waals surface area contributed by atoms with Gasteiger partial charge in [-0.1, -0.05) is 15.9 Å². The molecule has 0 aliphatic carbocycles. The molecule has 86 valence electrons. The third-order valence-corrected chi connectivity index (χ3v) is 3.22. The molecular formula is C11H13BrN2OS. The highest BCUT2D eigenvalue weighted by molar-refractivity contribution is 9.10. The number of imidazole rings is 1. The number of hydrogen-bond donors (Lipinski definition) is 1. The second-order valence-corrected chi connectivity index (χ2v) is 4.74. The van der Waals surface area contributed by atoms with Crippen LogP contribution in [0.15, 0.2) is 22.7 Å². The number of aromatic nitrogens is 2. The van der Waals surface area contributed by atoms with E-state index >= 15 is 0 Å². The molecule has 0 saturated carbocycles. The lowest BCUT2D eigenvalue weighted by molar-refractivity contribution is 0.139. The molecule has 16 heavy (non-hydrogen) atoms. The Bertz CT molecular complexity index is 546. The number of fused-ring (bicyclic) bond motifs is 1. The second kappa shape index (κ2) is 5.12. The maximum atomic E-state index is 5.34. The average molecular weight is 301 g/mol. The van der Waals surface area contributed by atoms with Crippen LogP contribution in [0.25, 0.3) is 11.0 Å². The first-order valence-corrected chi connectivity index (χ1v) is 6.38. The van der Waals surface area contributed by atoms with E-state index in [1.54, 1.807) is 0 Å². The van der Waals surface area contributed by atoms with Crippen molar-refractivity contribution in [2.45, 2.75) is 13.5 Å². The molecule has 0 amide bonds. The van der Waals surface area contributed by atoms with E-state index in [0.717, 1.165) is 33.4 Å². The largest absolute Gasteiger partial charge is 0.380 e. The quantitative estimate of drug-likeness (QED) is 0.692. The first kappa shape index (κ1) is 11.8. The van der Waals surface area contributed by atoms with E-state index in [2.05, 4.69) is 31.5 Å². The van der Waals surface area contributed by atoms with Gasteiger partial charge in [-0.3, -0.25) is 0 Å². The topological polar surface area (TPSA) is 29.9 Å². The molecule has 0 saturated heterocycles. The first-order chi connectivity index (χ1) is 7.72. The van der Waals surface area contributed by atoms with Crippen molar-refractivity contribution in [3.05, 3.63) is 27.4 Å². The number of aromatic amines is 1. The van der Waals surface area contributed by atoms with Crippen LogP contribution < -0.4 is 0 Å². The molecule has 0 aliphatic heterocycles. The fraction of sp³-hybridized carbons (Fsp3) is 0.364. The van der Waals surface area contributed by atoms with Crippen LogP contribution in [-0.4, -0.2) is 22.8 Å². The SMILES string of the molecule is CCOCCn1c(=S)[nH]c2cc(Br)ccc21. The summed E-state index contributed by atoms with van der Waals surface area (Å²) in [6, 6.07) is 6.10. The van der Waals surface area contributed by atoms with E-state index in [9.17, 15) is 0 Å². The Labute approximate surface area is 108 Å². The lowest BCUT2D eigenvalue weighted by atomic mass is 10.3. The van der Waals surface area contributed by atoms with Crippen molar-refractivity contribution < 1.29 is 4.74 Å². The van der Waals surface area contributed by atoms with Crippen molar-refractivity contribution >= 4 is 39.2 Å². The molecule has 1 N–H and O–H groups in total. The number of halogens is 1. The van der Waals surface area contributed by atoms with Gasteiger partial charge in [-0.25, -0.2) is 0 Å². The minimum Gasteiger partial charge on any atom is -0.380 e. The summed E-state index contributed by atoms with van der Waals surface area (Å²) < 4.78 is 9.20. The van der Waals surface area contributed by atoms with E-state index < -0.39 is 0 Å². The zero-order valence-corrected chi connectivity index (χ0v) is 11.4. The van der Waals surface area contributed by atoms with E-state index in [1.807, 2.05) is 19.1 Å². The van der Waals surface area contributed by atoms with Crippen LogP contribution in [0.5, 0.6) is 0 Å². The van der Waals surface area contributed by atoms with Gasteiger partial charge >= 0.3 is 0 Å². The maximum Gasteiger partial charge on any atom is 0.178 e. The Kier molecular flexibility index (Phi) is 3.78. The summed E-state index contributed by atoms with van der Waals surface area (Å²) in [6.45, 7) is 4.20. The van der Waals surface area contributed by atoms with E-state index in [-0.39, 0.29) is 0 Å². The second-order valence-electron chi connectivity index (χ2n) is 3.44. The number of H-pyrrole nitrogens is 1. The van der Waals surface area contributed by atoms with Gasteiger partial charge in [0.15, 0.2) is 4.77 Å². The number of nitrogens with zero attached hydrogens (tertiary/aromatic N) is 1. The summed E-state index contributed by atoms with van der Waals surface area (Å²) in [5.74, 6) is 0. The number of hydrogen-bond acceptors (Lipinski definition) is 2. The molecule has 0 spiro atoms. The van der Waals surface area contributed by atoms with Crippen molar-refractivity contribution in [1.29, 1.82) is 0 Å². The summed E-state index contributed by atoms with van der Waals surface area (Å²) in [4.78, 5) is 3.19. The van der Waals surface area contributed by atoms with Gasteiger partial charge in [-0.05, 0) is 37.3 Å². The van der Waals surface area contributed by atoms with Crippen LogP contribution in [0.1, 0.15) is 6.92 Å². The van der Waals surface area contributed by atoms with Gasteiger partial charge in [-0.15, -0.1) is 0 Å². The number of benzene rings is 1. The standard InChI is InChI=1S/C11H13BrN2OS/c1-2-15-6-5-14-10-4-3-8(12)7-9(10)13-11(14)16/h3-4,7H,2,5-6H2,1H3,(H,13,16). The lowest BCUT2D eigenvalue weighted by Crippen LogP contribution is -2.05. The molecule has 0 radical (unpaired) electrons. The fourth-order valence-electron chi connectivity index (χ4n) is 1.66. The Morgan fingerprint density at radius 2 is 2.31 bits per heavy atom. The summed E-state index contributed by atoms with van der Waals surface area (Å²) in [5.41, 5.74) is 2.17. The predicted octanol–water partition coefficient (Wildman–Crippen LogP) is 3.50. The highest BCUT2D eigenvalue weighted by Gasteiger charge is 2.04. The van der Waals surface area contributed by atoms with Gasteiger partial charge < -0.3 is 14.3 Å². The first-order valence-electron chi connectivity index (χ1n) is 5.18. The zero-order chi connectivity index (χ0) is 11.5. The molecule has 5 heteroatoms. The Balaban J connectivity index is 2.36. The molecule has 0 bridgehead atoms. The minimum absolute atomic E-state index is 0.688. The van der Waals surface area contributed by atoms with Crippen LogP contribution in [0.4, 0.5) is 0 Å². The average Bonchev–Trinajstić information content (AvgIpc) is 2.55. The van der Waals surface area contributed by atoms with Gasteiger partial charge in [0, 0.05) is 17.6 Å². The minimum atomic E-state index is 0.688. The molecule has 0 fully saturated rings. The lowest BCUT2D eigenvalue weighted by Gasteiger charge is -2.04. The van der Waals surface area contributed by atoms with Crippen LogP contribution in [0.2, 0.25) is 0 Å². The number of rotatable bonds is 4. The monoisotopic (exact) mass is 300 g/mol. The van der Waals surface area contributed by atoms with Crippen molar-refractivity contribution in [1.82, 2.24) is 9.55 Å². The molecule has 3 nitrogen and oxygen atoms in total. The zero-order valence-electron chi connectivity index (χ0n) is 9.00. The van der Waals surface area contributed by atoms with Crippen LogP contribution in [0.3, 0.4) is 0 Å². The van der Waals surface area contributed by atoms with Gasteiger partial charge in [0.25, 0.3) is 0 Å². The van der Waals surface area contributed by atoms with Crippen LogP contribution in [-0.2, 0) is 11.3 Å². The van der Waals surface area contributed by atoms with Crippen LogP contribution in [0, 0.1) is 4.77 Å². The fourth-order valence-corrected chi connectivity index (χ4v) is 2.32. The molecule has 0 unspecified atom stereocenters. The van der Waals surface area contributed by atoms with Gasteiger partial charge in [0.2, 0.25) is 0 Å². The van der Waals surface area contributed by atoms with Crippen molar-refractivity contribution in [2.24, 2.45) is 0 Å². The predicted molar refractivity (Wildman–Crippen MR) is 71.3 cm³/mol. The number of nitrogens with one attached hydrogen (secondary N) is 1. The molecule has 0 atom stereocenters. The highest BCUT2D eigenvalue weighted by atomic mass is 79.9. The summed E-state index contributed by atoms with van der Waals surface area (Å²) in [7, 11) is 0. The molecule has 1 aromatic heterocycles. The van der Waals surface area contributed by atoms with Gasteiger partial charge in [-0.2, -0.15) is 0 Å². The normalized spacial score (nSPS) is 11.1.